The molecule has 1 aliphatic heterocycles. The highest BCUT2D eigenvalue weighted by atomic mass is 16.3. The SMILES string of the molecule is CC1(c2cc(O)cc(O)c2)CN=C(N)N1. The minimum absolute atomic E-state index is 0.0264. The number of phenolic OH excluding ortho intramolecular Hbond substituents is 2. The Morgan fingerprint density at radius 2 is 1.93 bits per heavy atom. The molecule has 0 aliphatic carbocycles. The lowest BCUT2D eigenvalue weighted by Gasteiger charge is -2.24. The van der Waals surface area contributed by atoms with Gasteiger partial charge in [-0.15, -0.1) is 0 Å². The fourth-order valence-electron chi connectivity index (χ4n) is 1.68. The Balaban J connectivity index is 2.38. The van der Waals surface area contributed by atoms with Crippen molar-refractivity contribution in [2.45, 2.75) is 12.5 Å². The molecular weight excluding hydrogens is 194 g/mol. The van der Waals surface area contributed by atoms with Gasteiger partial charge in [-0.3, -0.25) is 4.99 Å². The molecule has 0 spiro atoms. The van der Waals surface area contributed by atoms with Crippen LogP contribution in [-0.4, -0.2) is 22.7 Å². The summed E-state index contributed by atoms with van der Waals surface area (Å²) in [6.07, 6.45) is 0. The van der Waals surface area contributed by atoms with Crippen molar-refractivity contribution in [1.29, 1.82) is 0 Å². The molecule has 0 saturated heterocycles. The topological polar surface area (TPSA) is 90.9 Å². The van der Waals surface area contributed by atoms with E-state index in [4.69, 9.17) is 5.73 Å². The van der Waals surface area contributed by atoms with Crippen LogP contribution in [0.2, 0.25) is 0 Å². The minimum Gasteiger partial charge on any atom is -0.508 e. The number of guanidine groups is 1. The van der Waals surface area contributed by atoms with Crippen LogP contribution in [0.4, 0.5) is 0 Å². The number of phenols is 2. The van der Waals surface area contributed by atoms with Crippen LogP contribution in [0.15, 0.2) is 23.2 Å². The van der Waals surface area contributed by atoms with E-state index < -0.39 is 5.54 Å². The first-order valence-corrected chi connectivity index (χ1v) is 4.61. The summed E-state index contributed by atoms with van der Waals surface area (Å²) in [6.45, 7) is 2.40. The van der Waals surface area contributed by atoms with Crippen LogP contribution in [-0.2, 0) is 5.54 Å². The number of aliphatic imine (C=N–C) groups is 1. The number of nitrogens with zero attached hydrogens (tertiary/aromatic N) is 1. The Hall–Kier alpha value is -1.91. The summed E-state index contributed by atoms with van der Waals surface area (Å²) >= 11 is 0. The molecule has 1 aromatic rings. The van der Waals surface area contributed by atoms with Crippen LogP contribution in [0.5, 0.6) is 11.5 Å². The van der Waals surface area contributed by atoms with E-state index in [1.165, 1.54) is 6.07 Å². The second-order valence-corrected chi connectivity index (χ2v) is 3.90. The zero-order valence-electron chi connectivity index (χ0n) is 8.36. The van der Waals surface area contributed by atoms with Gasteiger partial charge in [-0.1, -0.05) is 0 Å². The van der Waals surface area contributed by atoms with Crippen LogP contribution in [0.1, 0.15) is 12.5 Å². The highest BCUT2D eigenvalue weighted by molar-refractivity contribution is 5.81. The van der Waals surface area contributed by atoms with E-state index in [0.29, 0.717) is 12.5 Å². The third kappa shape index (κ3) is 1.68. The van der Waals surface area contributed by atoms with Gasteiger partial charge in [0.2, 0.25) is 0 Å². The fourth-order valence-corrected chi connectivity index (χ4v) is 1.68. The summed E-state index contributed by atoms with van der Waals surface area (Å²) in [7, 11) is 0. The van der Waals surface area contributed by atoms with Crippen molar-refractivity contribution in [2.75, 3.05) is 6.54 Å². The molecule has 0 fully saturated rings. The summed E-state index contributed by atoms with van der Waals surface area (Å²) in [5, 5.41) is 21.8. The van der Waals surface area contributed by atoms with Gasteiger partial charge in [0.05, 0.1) is 12.1 Å². The largest absolute Gasteiger partial charge is 0.508 e. The normalized spacial score (nSPS) is 24.7. The zero-order valence-corrected chi connectivity index (χ0v) is 8.36. The smallest absolute Gasteiger partial charge is 0.189 e. The van der Waals surface area contributed by atoms with E-state index in [9.17, 15) is 10.2 Å². The number of benzene rings is 1. The van der Waals surface area contributed by atoms with Crippen LogP contribution in [0.25, 0.3) is 0 Å². The molecule has 5 N–H and O–H groups in total. The molecule has 1 atom stereocenters. The molecule has 5 heteroatoms. The van der Waals surface area contributed by atoms with Gasteiger partial charge in [0.15, 0.2) is 5.96 Å². The number of hydrogen-bond acceptors (Lipinski definition) is 5. The first kappa shape index (κ1) is 9.64. The second kappa shape index (κ2) is 3.05. The van der Waals surface area contributed by atoms with Crippen molar-refractivity contribution in [2.24, 2.45) is 10.7 Å². The lowest BCUT2D eigenvalue weighted by Crippen LogP contribution is -2.42. The average Bonchev–Trinajstić information content (AvgIpc) is 2.46. The number of aromatic hydroxyl groups is 2. The molecule has 0 bridgehead atoms. The van der Waals surface area contributed by atoms with E-state index in [2.05, 4.69) is 10.3 Å². The Morgan fingerprint density at radius 3 is 2.40 bits per heavy atom. The van der Waals surface area contributed by atoms with Gasteiger partial charge in [-0.2, -0.15) is 0 Å². The molecule has 15 heavy (non-hydrogen) atoms. The molecule has 1 aromatic carbocycles. The maximum Gasteiger partial charge on any atom is 0.189 e. The predicted octanol–water partition coefficient (Wildman–Crippen LogP) is 0.231. The average molecular weight is 207 g/mol. The van der Waals surface area contributed by atoms with Gasteiger partial charge in [0.1, 0.15) is 11.5 Å². The molecule has 80 valence electrons. The van der Waals surface area contributed by atoms with Crippen molar-refractivity contribution in [3.63, 3.8) is 0 Å². The first-order chi connectivity index (χ1) is 6.99. The third-order valence-corrected chi connectivity index (χ3v) is 2.51. The van der Waals surface area contributed by atoms with Crippen LogP contribution in [0, 0.1) is 0 Å². The monoisotopic (exact) mass is 207 g/mol. The minimum atomic E-state index is -0.458. The molecule has 0 amide bonds. The van der Waals surface area contributed by atoms with Crippen molar-refractivity contribution in [3.8, 4) is 11.5 Å². The summed E-state index contributed by atoms with van der Waals surface area (Å²) in [5.74, 6) is 0.428. The highest BCUT2D eigenvalue weighted by Gasteiger charge is 2.31. The van der Waals surface area contributed by atoms with Gasteiger partial charge < -0.3 is 21.3 Å². The summed E-state index contributed by atoms with van der Waals surface area (Å²) in [6, 6.07) is 4.45. The molecule has 0 aromatic heterocycles. The van der Waals surface area contributed by atoms with Gasteiger partial charge >= 0.3 is 0 Å². The Bertz CT molecular complexity index is 410. The first-order valence-electron chi connectivity index (χ1n) is 4.61. The van der Waals surface area contributed by atoms with Crippen LogP contribution >= 0.6 is 0 Å². The van der Waals surface area contributed by atoms with Gasteiger partial charge in [-0.05, 0) is 24.6 Å². The molecule has 1 heterocycles. The maximum absolute atomic E-state index is 9.38. The van der Waals surface area contributed by atoms with Crippen molar-refractivity contribution < 1.29 is 10.2 Å². The third-order valence-electron chi connectivity index (χ3n) is 2.51. The van der Waals surface area contributed by atoms with Crippen molar-refractivity contribution in [1.82, 2.24) is 5.32 Å². The summed E-state index contributed by atoms with van der Waals surface area (Å²) in [4.78, 5) is 4.05. The summed E-state index contributed by atoms with van der Waals surface area (Å²) in [5.41, 5.74) is 5.83. The number of nitrogens with one attached hydrogen (secondary N) is 1. The van der Waals surface area contributed by atoms with Gasteiger partial charge in [0, 0.05) is 6.07 Å². The van der Waals surface area contributed by atoms with Gasteiger partial charge in [0.25, 0.3) is 0 Å². The Morgan fingerprint density at radius 1 is 1.33 bits per heavy atom. The summed E-state index contributed by atoms with van der Waals surface area (Å²) < 4.78 is 0. The van der Waals surface area contributed by atoms with E-state index in [1.54, 1.807) is 12.1 Å². The lowest BCUT2D eigenvalue weighted by atomic mass is 9.92. The second-order valence-electron chi connectivity index (χ2n) is 3.90. The van der Waals surface area contributed by atoms with E-state index in [1.807, 2.05) is 6.92 Å². The molecule has 5 nitrogen and oxygen atoms in total. The molecular formula is C10H13N3O2. The molecule has 1 aliphatic rings. The van der Waals surface area contributed by atoms with E-state index >= 15 is 0 Å². The zero-order chi connectivity index (χ0) is 11.1. The van der Waals surface area contributed by atoms with Crippen LogP contribution in [0.3, 0.4) is 0 Å². The maximum atomic E-state index is 9.38. The van der Waals surface area contributed by atoms with Crippen molar-refractivity contribution in [3.05, 3.63) is 23.8 Å². The molecule has 0 saturated carbocycles. The lowest BCUT2D eigenvalue weighted by molar-refractivity contribution is 0.433. The molecule has 0 radical (unpaired) electrons. The standard InChI is InChI=1S/C10H13N3O2/c1-10(5-12-9(11)13-10)6-2-7(14)4-8(15)3-6/h2-4,14-15H,5H2,1H3,(H3,11,12,13). The quantitative estimate of drug-likeness (QED) is 0.530. The van der Waals surface area contributed by atoms with Crippen LogP contribution < -0.4 is 11.1 Å². The Labute approximate surface area is 87.3 Å². The highest BCUT2D eigenvalue weighted by Crippen LogP contribution is 2.30. The predicted molar refractivity (Wildman–Crippen MR) is 56.7 cm³/mol. The van der Waals surface area contributed by atoms with Crippen molar-refractivity contribution >= 4 is 5.96 Å². The van der Waals surface area contributed by atoms with E-state index in [-0.39, 0.29) is 11.5 Å². The Kier molecular flexibility index (Phi) is 1.96. The number of rotatable bonds is 1. The number of nitrogens with two attached hydrogens (primary N) is 1. The molecule has 2 rings (SSSR count). The fraction of sp³-hybridized carbons (Fsp3) is 0.300. The van der Waals surface area contributed by atoms with Gasteiger partial charge in [-0.25, -0.2) is 0 Å². The molecule has 1 unspecified atom stereocenters. The van der Waals surface area contributed by atoms with E-state index in [0.717, 1.165) is 5.56 Å². The number of hydrogen-bond donors (Lipinski definition) is 4.